The minimum atomic E-state index is -3.90. The number of hydrogen-bond acceptors (Lipinski definition) is 6. The predicted molar refractivity (Wildman–Crippen MR) is 163 cm³/mol. The molecule has 0 aromatic heterocycles. The van der Waals surface area contributed by atoms with Crippen molar-refractivity contribution >= 4 is 27.5 Å². The van der Waals surface area contributed by atoms with Crippen LogP contribution in [0.25, 0.3) is 0 Å². The fraction of sp³-hybridized carbons (Fsp3) is 0.375. The topological polar surface area (TPSA) is 105 Å². The van der Waals surface area contributed by atoms with Gasteiger partial charge in [0.05, 0.1) is 11.9 Å². The largest absolute Gasteiger partial charge is 0.486 e. The average Bonchev–Trinajstić information content (AvgIpc) is 2.93. The molecular formula is C32H39N3O6S. The van der Waals surface area contributed by atoms with Crippen LogP contribution < -0.4 is 19.1 Å². The lowest BCUT2D eigenvalue weighted by Crippen LogP contribution is -2.56. The number of rotatable bonds is 10. The maximum Gasteiger partial charge on any atom is 0.244 e. The monoisotopic (exact) mass is 593 g/mol. The van der Waals surface area contributed by atoms with Crippen molar-refractivity contribution in [3.63, 3.8) is 0 Å². The summed E-state index contributed by atoms with van der Waals surface area (Å²) in [4.78, 5) is 29.6. The third-order valence-electron chi connectivity index (χ3n) is 6.86. The molecule has 1 heterocycles. The molecule has 2 amide bonds. The number of aryl methyl sites for hydroxylation is 1. The van der Waals surface area contributed by atoms with Crippen LogP contribution >= 0.6 is 0 Å². The fourth-order valence-corrected chi connectivity index (χ4v) is 5.62. The molecule has 1 aliphatic rings. The SMILES string of the molecule is Cc1ccccc1CN(C(=O)CN(c1ccc2c(c1)OCCO2)S(C)(=O)=O)[C@H](Cc1ccccc1)C(=O)NC(C)(C)C. The Bertz CT molecular complexity index is 1520. The van der Waals surface area contributed by atoms with Crippen molar-refractivity contribution in [2.24, 2.45) is 0 Å². The number of hydrogen-bond donors (Lipinski definition) is 1. The summed E-state index contributed by atoms with van der Waals surface area (Å²) in [5.74, 6) is 0.0814. The summed E-state index contributed by atoms with van der Waals surface area (Å²) in [6.07, 6.45) is 1.31. The molecule has 0 fully saturated rings. The summed E-state index contributed by atoms with van der Waals surface area (Å²) < 4.78 is 38.4. The van der Waals surface area contributed by atoms with Crippen molar-refractivity contribution < 1.29 is 27.5 Å². The second-order valence-corrected chi connectivity index (χ2v) is 13.4. The molecule has 3 aromatic carbocycles. The van der Waals surface area contributed by atoms with E-state index in [4.69, 9.17) is 9.47 Å². The lowest BCUT2D eigenvalue weighted by atomic mass is 10.00. The maximum absolute atomic E-state index is 14.3. The molecule has 4 rings (SSSR count). The number of carbonyl (C=O) groups is 2. The second-order valence-electron chi connectivity index (χ2n) is 11.5. The second kappa shape index (κ2) is 12.9. The van der Waals surface area contributed by atoms with Crippen LogP contribution in [0, 0.1) is 6.92 Å². The summed E-state index contributed by atoms with van der Waals surface area (Å²) in [6, 6.07) is 21.0. The first-order valence-electron chi connectivity index (χ1n) is 13.9. The molecule has 0 radical (unpaired) electrons. The molecule has 0 bridgehead atoms. The van der Waals surface area contributed by atoms with E-state index in [1.807, 2.05) is 82.3 Å². The molecule has 224 valence electrons. The van der Waals surface area contributed by atoms with Crippen molar-refractivity contribution in [1.82, 2.24) is 10.2 Å². The third-order valence-corrected chi connectivity index (χ3v) is 8.00. The summed E-state index contributed by atoms with van der Waals surface area (Å²) in [7, 11) is -3.90. The first-order valence-corrected chi connectivity index (χ1v) is 15.7. The summed E-state index contributed by atoms with van der Waals surface area (Å²) in [5.41, 5.74) is 2.41. The van der Waals surface area contributed by atoms with E-state index in [2.05, 4.69) is 5.32 Å². The van der Waals surface area contributed by atoms with Gasteiger partial charge in [0.1, 0.15) is 25.8 Å². The lowest BCUT2D eigenvalue weighted by Gasteiger charge is -2.35. The van der Waals surface area contributed by atoms with Gasteiger partial charge in [0, 0.05) is 24.6 Å². The van der Waals surface area contributed by atoms with Gasteiger partial charge in [-0.2, -0.15) is 0 Å². The van der Waals surface area contributed by atoms with E-state index in [9.17, 15) is 18.0 Å². The van der Waals surface area contributed by atoms with E-state index in [-0.39, 0.29) is 24.6 Å². The molecule has 10 heteroatoms. The van der Waals surface area contributed by atoms with Crippen LogP contribution in [-0.2, 0) is 32.6 Å². The number of amides is 2. The van der Waals surface area contributed by atoms with Gasteiger partial charge in [-0.1, -0.05) is 54.6 Å². The normalized spacial score (nSPS) is 13.6. The fourth-order valence-electron chi connectivity index (χ4n) is 4.78. The molecule has 0 aliphatic carbocycles. The molecule has 0 unspecified atom stereocenters. The molecule has 3 aromatic rings. The standard InChI is InChI=1S/C32H39N3O6S/c1-23-11-9-10-14-25(23)21-34(27(31(37)33-32(2,3)4)19-24-12-7-6-8-13-24)30(36)22-35(42(5,38)39)26-15-16-28-29(20-26)41-18-17-40-28/h6-16,20,27H,17-19,21-22H2,1-5H3,(H,33,37)/t27-/m1/s1. The van der Waals surface area contributed by atoms with Gasteiger partial charge in [0.15, 0.2) is 11.5 Å². The van der Waals surface area contributed by atoms with Crippen LogP contribution in [0.4, 0.5) is 5.69 Å². The first kappa shape index (κ1) is 30.9. The van der Waals surface area contributed by atoms with Gasteiger partial charge >= 0.3 is 0 Å². The van der Waals surface area contributed by atoms with Crippen LogP contribution in [0.5, 0.6) is 11.5 Å². The van der Waals surface area contributed by atoms with E-state index in [1.54, 1.807) is 18.2 Å². The molecular weight excluding hydrogens is 554 g/mol. The highest BCUT2D eigenvalue weighted by Crippen LogP contribution is 2.35. The minimum Gasteiger partial charge on any atom is -0.486 e. The molecule has 1 N–H and O–H groups in total. The molecule has 9 nitrogen and oxygen atoms in total. The molecule has 0 saturated heterocycles. The molecule has 0 saturated carbocycles. The summed E-state index contributed by atoms with van der Waals surface area (Å²) in [5, 5.41) is 3.03. The van der Waals surface area contributed by atoms with Crippen molar-refractivity contribution in [2.75, 3.05) is 30.3 Å². The lowest BCUT2D eigenvalue weighted by molar-refractivity contribution is -0.140. The number of carbonyl (C=O) groups excluding carboxylic acids is 2. The Morgan fingerprint density at radius 2 is 1.57 bits per heavy atom. The smallest absolute Gasteiger partial charge is 0.244 e. The van der Waals surface area contributed by atoms with Gasteiger partial charge in [0.25, 0.3) is 0 Å². The highest BCUT2D eigenvalue weighted by atomic mass is 32.2. The molecule has 1 aliphatic heterocycles. The number of ether oxygens (including phenoxy) is 2. The summed E-state index contributed by atoms with van der Waals surface area (Å²) >= 11 is 0. The van der Waals surface area contributed by atoms with Crippen LogP contribution in [0.1, 0.15) is 37.5 Å². The number of fused-ring (bicyclic) bond motifs is 1. The van der Waals surface area contributed by atoms with Gasteiger partial charge in [-0.25, -0.2) is 8.42 Å². The average molecular weight is 594 g/mol. The van der Waals surface area contributed by atoms with Crippen LogP contribution in [0.2, 0.25) is 0 Å². The maximum atomic E-state index is 14.3. The number of nitrogens with zero attached hydrogens (tertiary/aromatic N) is 2. The van der Waals surface area contributed by atoms with E-state index < -0.39 is 34.1 Å². The highest BCUT2D eigenvalue weighted by molar-refractivity contribution is 7.92. The van der Waals surface area contributed by atoms with E-state index in [0.717, 1.165) is 27.3 Å². The predicted octanol–water partition coefficient (Wildman–Crippen LogP) is 4.09. The Balaban J connectivity index is 1.75. The zero-order valence-electron chi connectivity index (χ0n) is 24.8. The molecule has 1 atom stereocenters. The Morgan fingerprint density at radius 1 is 0.929 bits per heavy atom. The van der Waals surface area contributed by atoms with Crippen LogP contribution in [0.3, 0.4) is 0 Å². The van der Waals surface area contributed by atoms with Gasteiger partial charge in [-0.05, 0) is 56.5 Å². The quantitative estimate of drug-likeness (QED) is 0.380. The number of anilines is 1. The Kier molecular flexibility index (Phi) is 9.46. The van der Waals surface area contributed by atoms with Gasteiger partial charge in [0.2, 0.25) is 21.8 Å². The van der Waals surface area contributed by atoms with Crippen molar-refractivity contribution in [1.29, 1.82) is 0 Å². The van der Waals surface area contributed by atoms with Crippen LogP contribution in [-0.4, -0.2) is 62.7 Å². The Labute approximate surface area is 248 Å². The van der Waals surface area contributed by atoms with Crippen LogP contribution in [0.15, 0.2) is 72.8 Å². The first-order chi connectivity index (χ1) is 19.8. The van der Waals surface area contributed by atoms with E-state index >= 15 is 0 Å². The number of sulfonamides is 1. The minimum absolute atomic E-state index is 0.124. The third kappa shape index (κ3) is 8.03. The summed E-state index contributed by atoms with van der Waals surface area (Å²) in [6.45, 7) is 7.94. The zero-order chi connectivity index (χ0) is 30.5. The van der Waals surface area contributed by atoms with Gasteiger partial charge in [-0.3, -0.25) is 13.9 Å². The van der Waals surface area contributed by atoms with Gasteiger partial charge in [-0.15, -0.1) is 0 Å². The molecule has 42 heavy (non-hydrogen) atoms. The number of nitrogens with one attached hydrogen (secondary N) is 1. The Morgan fingerprint density at radius 3 is 2.21 bits per heavy atom. The van der Waals surface area contributed by atoms with E-state index in [0.29, 0.717) is 24.7 Å². The van der Waals surface area contributed by atoms with Crippen molar-refractivity contribution in [3.8, 4) is 11.5 Å². The highest BCUT2D eigenvalue weighted by Gasteiger charge is 2.34. The number of benzene rings is 3. The van der Waals surface area contributed by atoms with Crippen molar-refractivity contribution in [3.05, 3.63) is 89.5 Å². The van der Waals surface area contributed by atoms with Gasteiger partial charge < -0.3 is 19.7 Å². The zero-order valence-corrected chi connectivity index (χ0v) is 25.6. The van der Waals surface area contributed by atoms with Crippen molar-refractivity contribution in [2.45, 2.75) is 52.2 Å². The Hall–Kier alpha value is -4.05. The molecule has 0 spiro atoms. The van der Waals surface area contributed by atoms with E-state index in [1.165, 1.54) is 4.90 Å².